The topological polar surface area (TPSA) is 74.5 Å². The van der Waals surface area contributed by atoms with Gasteiger partial charge in [0.25, 0.3) is 0 Å². The van der Waals surface area contributed by atoms with Crippen LogP contribution in [0.2, 0.25) is 0 Å². The molecule has 1 aliphatic rings. The van der Waals surface area contributed by atoms with Crippen molar-refractivity contribution in [3.8, 4) is 0 Å². The number of piperidine rings is 1. The summed E-state index contributed by atoms with van der Waals surface area (Å²) in [6.45, 7) is 5.25. The Morgan fingerprint density at radius 3 is 3.00 bits per heavy atom. The number of aliphatic imine (C=N–C) groups is 1. The largest absolute Gasteiger partial charge is 0.352 e. The normalized spacial score (nSPS) is 17.6. The van der Waals surface area contributed by atoms with E-state index >= 15 is 0 Å². The van der Waals surface area contributed by atoms with Crippen molar-refractivity contribution in [1.82, 2.24) is 20.0 Å². The van der Waals surface area contributed by atoms with Crippen molar-refractivity contribution in [2.45, 2.75) is 32.9 Å². The van der Waals surface area contributed by atoms with Crippen LogP contribution in [0.15, 0.2) is 47.7 Å². The first-order chi connectivity index (χ1) is 13.1. The number of likely N-dealkylation sites (tertiary alicyclic amines) is 1. The molecule has 2 aromatic rings. The van der Waals surface area contributed by atoms with E-state index in [2.05, 4.69) is 32.5 Å². The minimum atomic E-state index is -0.0954. The molecule has 144 valence electrons. The zero-order chi connectivity index (χ0) is 19.1. The van der Waals surface area contributed by atoms with Crippen LogP contribution in [0.5, 0.6) is 0 Å². The van der Waals surface area contributed by atoms with Crippen molar-refractivity contribution < 1.29 is 4.79 Å². The van der Waals surface area contributed by atoms with Crippen molar-refractivity contribution in [2.75, 3.05) is 25.5 Å². The monoisotopic (exact) mass is 368 g/mol. The molecule has 2 N–H and O–H groups in total. The molecule has 1 fully saturated rings. The Bertz CT molecular complexity index is 771. The molecule has 1 aromatic carbocycles. The van der Waals surface area contributed by atoms with Gasteiger partial charge < -0.3 is 15.5 Å². The predicted molar refractivity (Wildman–Crippen MR) is 107 cm³/mol. The summed E-state index contributed by atoms with van der Waals surface area (Å²) >= 11 is 0. The van der Waals surface area contributed by atoms with Gasteiger partial charge in [-0.2, -0.15) is 5.10 Å². The molecule has 7 heteroatoms. The molecule has 1 aromatic heterocycles. The summed E-state index contributed by atoms with van der Waals surface area (Å²) in [7, 11) is 1.83. The number of anilines is 1. The predicted octanol–water partition coefficient (Wildman–Crippen LogP) is 2.33. The SMILES string of the molecule is CN=C(NCc1cccc(NC(=O)Cn2cccn2)c1)N1CCCC(C)C1. The van der Waals surface area contributed by atoms with Crippen LogP contribution in [0, 0.1) is 5.92 Å². The number of nitrogens with zero attached hydrogens (tertiary/aromatic N) is 4. The van der Waals surface area contributed by atoms with Gasteiger partial charge in [-0.25, -0.2) is 0 Å². The van der Waals surface area contributed by atoms with E-state index in [1.54, 1.807) is 23.1 Å². The van der Waals surface area contributed by atoms with Gasteiger partial charge in [-0.15, -0.1) is 0 Å². The van der Waals surface area contributed by atoms with Crippen molar-refractivity contribution in [3.63, 3.8) is 0 Å². The summed E-state index contributed by atoms with van der Waals surface area (Å²) in [5.41, 5.74) is 1.88. The Morgan fingerprint density at radius 1 is 1.37 bits per heavy atom. The van der Waals surface area contributed by atoms with Gasteiger partial charge in [-0.1, -0.05) is 19.1 Å². The fourth-order valence-corrected chi connectivity index (χ4v) is 3.40. The van der Waals surface area contributed by atoms with Gasteiger partial charge in [0.15, 0.2) is 5.96 Å². The molecular formula is C20H28N6O. The maximum Gasteiger partial charge on any atom is 0.246 e. The van der Waals surface area contributed by atoms with Crippen molar-refractivity contribution in [2.24, 2.45) is 10.9 Å². The van der Waals surface area contributed by atoms with E-state index in [4.69, 9.17) is 0 Å². The number of guanidine groups is 1. The lowest BCUT2D eigenvalue weighted by Crippen LogP contribution is -2.45. The third kappa shape index (κ3) is 5.57. The maximum atomic E-state index is 12.1. The average Bonchev–Trinajstić information content (AvgIpc) is 3.15. The highest BCUT2D eigenvalue weighted by atomic mass is 16.2. The third-order valence-electron chi connectivity index (χ3n) is 4.69. The highest BCUT2D eigenvalue weighted by Crippen LogP contribution is 2.16. The van der Waals surface area contributed by atoms with Crippen LogP contribution in [0.1, 0.15) is 25.3 Å². The Balaban J connectivity index is 1.54. The minimum Gasteiger partial charge on any atom is -0.352 e. The summed E-state index contributed by atoms with van der Waals surface area (Å²) in [5.74, 6) is 1.54. The van der Waals surface area contributed by atoms with Crippen LogP contribution in [0.25, 0.3) is 0 Å². The molecule has 3 rings (SSSR count). The zero-order valence-corrected chi connectivity index (χ0v) is 16.1. The van der Waals surface area contributed by atoms with Crippen LogP contribution >= 0.6 is 0 Å². The molecular weight excluding hydrogens is 340 g/mol. The van der Waals surface area contributed by atoms with E-state index in [0.717, 1.165) is 30.3 Å². The van der Waals surface area contributed by atoms with Gasteiger partial charge in [0.1, 0.15) is 6.54 Å². The van der Waals surface area contributed by atoms with Crippen molar-refractivity contribution in [1.29, 1.82) is 0 Å². The molecule has 1 aliphatic heterocycles. The van der Waals surface area contributed by atoms with Crippen molar-refractivity contribution in [3.05, 3.63) is 48.3 Å². The van der Waals surface area contributed by atoms with Gasteiger partial charge in [-0.3, -0.25) is 14.5 Å². The van der Waals surface area contributed by atoms with E-state index in [0.29, 0.717) is 12.5 Å². The minimum absolute atomic E-state index is 0.0954. The first-order valence-corrected chi connectivity index (χ1v) is 9.46. The summed E-state index contributed by atoms with van der Waals surface area (Å²) in [4.78, 5) is 18.9. The number of carbonyl (C=O) groups is 1. The molecule has 0 spiro atoms. The number of amides is 1. The zero-order valence-electron chi connectivity index (χ0n) is 16.1. The molecule has 1 saturated heterocycles. The molecule has 0 aliphatic carbocycles. The lowest BCUT2D eigenvalue weighted by atomic mass is 10.0. The van der Waals surface area contributed by atoms with Gasteiger partial charge in [0, 0.05) is 44.8 Å². The highest BCUT2D eigenvalue weighted by molar-refractivity contribution is 5.90. The number of aromatic nitrogens is 2. The van der Waals surface area contributed by atoms with Crippen LogP contribution in [-0.2, 0) is 17.9 Å². The highest BCUT2D eigenvalue weighted by Gasteiger charge is 2.19. The Morgan fingerprint density at radius 2 is 2.26 bits per heavy atom. The standard InChI is InChI=1S/C20H28N6O/c1-16-6-4-10-25(14-16)20(21-2)22-13-17-7-3-8-18(12-17)24-19(27)15-26-11-5-9-23-26/h3,5,7-9,11-12,16H,4,6,10,13-15H2,1-2H3,(H,21,22)(H,24,27). The van der Waals surface area contributed by atoms with Crippen molar-refractivity contribution >= 4 is 17.6 Å². The average molecular weight is 368 g/mol. The Hall–Kier alpha value is -2.83. The van der Waals surface area contributed by atoms with Crippen LogP contribution in [0.3, 0.4) is 0 Å². The van der Waals surface area contributed by atoms with Crippen LogP contribution < -0.4 is 10.6 Å². The Labute approximate surface area is 160 Å². The number of rotatable bonds is 5. The van der Waals surface area contributed by atoms with E-state index in [1.807, 2.05) is 31.3 Å². The molecule has 0 radical (unpaired) electrons. The lowest BCUT2D eigenvalue weighted by Gasteiger charge is -2.33. The quantitative estimate of drug-likeness (QED) is 0.627. The van der Waals surface area contributed by atoms with E-state index in [-0.39, 0.29) is 12.5 Å². The second-order valence-corrected chi connectivity index (χ2v) is 7.05. The summed E-state index contributed by atoms with van der Waals surface area (Å²) in [6, 6.07) is 9.68. The fourth-order valence-electron chi connectivity index (χ4n) is 3.40. The number of nitrogens with one attached hydrogen (secondary N) is 2. The molecule has 1 atom stereocenters. The second kappa shape index (κ2) is 9.21. The van der Waals surface area contributed by atoms with Gasteiger partial charge in [0.05, 0.1) is 0 Å². The van der Waals surface area contributed by atoms with Crippen LogP contribution in [-0.4, -0.2) is 46.7 Å². The van der Waals surface area contributed by atoms with E-state index in [9.17, 15) is 4.79 Å². The molecule has 2 heterocycles. The number of benzene rings is 1. The fraction of sp³-hybridized carbons (Fsp3) is 0.450. The molecule has 27 heavy (non-hydrogen) atoms. The third-order valence-corrected chi connectivity index (χ3v) is 4.69. The number of hydrogen-bond acceptors (Lipinski definition) is 3. The second-order valence-electron chi connectivity index (χ2n) is 7.05. The van der Waals surface area contributed by atoms with Gasteiger partial charge >= 0.3 is 0 Å². The van der Waals surface area contributed by atoms with E-state index < -0.39 is 0 Å². The summed E-state index contributed by atoms with van der Waals surface area (Å²) in [5, 5.41) is 10.4. The lowest BCUT2D eigenvalue weighted by molar-refractivity contribution is -0.116. The number of hydrogen-bond donors (Lipinski definition) is 2. The first kappa shape index (κ1) is 18.9. The molecule has 0 bridgehead atoms. The van der Waals surface area contributed by atoms with E-state index in [1.165, 1.54) is 12.8 Å². The van der Waals surface area contributed by atoms with Gasteiger partial charge in [-0.05, 0) is 42.5 Å². The van der Waals surface area contributed by atoms with Gasteiger partial charge in [0.2, 0.25) is 5.91 Å². The summed E-state index contributed by atoms with van der Waals surface area (Å²) < 4.78 is 1.60. The number of carbonyl (C=O) groups excluding carboxylic acids is 1. The summed E-state index contributed by atoms with van der Waals surface area (Å²) in [6.07, 6.45) is 5.93. The Kier molecular flexibility index (Phi) is 6.46. The smallest absolute Gasteiger partial charge is 0.246 e. The molecule has 0 saturated carbocycles. The first-order valence-electron chi connectivity index (χ1n) is 9.46. The molecule has 1 amide bonds. The molecule has 1 unspecified atom stereocenters. The van der Waals surface area contributed by atoms with Crippen LogP contribution in [0.4, 0.5) is 5.69 Å². The molecule has 7 nitrogen and oxygen atoms in total. The maximum absolute atomic E-state index is 12.1.